The second-order valence-electron chi connectivity index (χ2n) is 5.04. The van der Waals surface area contributed by atoms with Crippen molar-refractivity contribution in [1.29, 1.82) is 0 Å². The van der Waals surface area contributed by atoms with Gasteiger partial charge in [0, 0.05) is 0 Å². The molecule has 0 aliphatic rings. The molecule has 0 nitrogen and oxygen atoms in total. The van der Waals surface area contributed by atoms with E-state index in [0.717, 1.165) is 5.92 Å². The molecule has 0 N–H and O–H groups in total. The summed E-state index contributed by atoms with van der Waals surface area (Å²) in [6.07, 6.45) is 8.51. The van der Waals surface area contributed by atoms with Gasteiger partial charge < -0.3 is 0 Å². The van der Waals surface area contributed by atoms with E-state index in [9.17, 15) is 0 Å². The number of rotatable bonds is 8. The molecule has 0 saturated carbocycles. The minimum atomic E-state index is 0.704. The maximum absolute atomic E-state index is 3.97. The fourth-order valence-electron chi connectivity index (χ4n) is 2.45. The van der Waals surface area contributed by atoms with Crippen LogP contribution in [-0.4, -0.2) is 0 Å². The average molecular weight is 230 g/mol. The Morgan fingerprint density at radius 1 is 1.18 bits per heavy atom. The third kappa shape index (κ3) is 5.21. The highest BCUT2D eigenvalue weighted by Gasteiger charge is 2.12. The molecule has 0 amide bonds. The van der Waals surface area contributed by atoms with Gasteiger partial charge in [-0.25, -0.2) is 0 Å². The molecule has 0 aliphatic heterocycles. The minimum Gasteiger partial charge on any atom is -0.103 e. The van der Waals surface area contributed by atoms with Crippen molar-refractivity contribution in [3.63, 3.8) is 0 Å². The maximum atomic E-state index is 3.97. The first-order chi connectivity index (χ1) is 8.27. The van der Waals surface area contributed by atoms with Crippen LogP contribution >= 0.6 is 0 Å². The number of hydrogen-bond acceptors (Lipinski definition) is 0. The molecule has 2 atom stereocenters. The summed E-state index contributed by atoms with van der Waals surface area (Å²) in [7, 11) is 0. The van der Waals surface area contributed by atoms with Gasteiger partial charge in [-0.2, -0.15) is 0 Å². The molecule has 0 fully saturated rings. The lowest BCUT2D eigenvalue weighted by Crippen LogP contribution is -2.09. The van der Waals surface area contributed by atoms with E-state index in [2.05, 4.69) is 56.8 Å². The molecule has 1 rings (SSSR count). The lowest BCUT2D eigenvalue weighted by Gasteiger charge is -2.20. The Morgan fingerprint density at radius 2 is 1.88 bits per heavy atom. The summed E-state index contributed by atoms with van der Waals surface area (Å²) < 4.78 is 0. The van der Waals surface area contributed by atoms with Crippen LogP contribution in [0.3, 0.4) is 0 Å². The Hall–Kier alpha value is -1.04. The number of aryl methyl sites for hydroxylation is 1. The first-order valence-corrected chi connectivity index (χ1v) is 6.94. The second kappa shape index (κ2) is 8.11. The maximum Gasteiger partial charge on any atom is -0.0211 e. The summed E-state index contributed by atoms with van der Waals surface area (Å²) in [5.41, 5.74) is 1.46. The quantitative estimate of drug-likeness (QED) is 0.535. The Morgan fingerprint density at radius 3 is 2.47 bits per heavy atom. The topological polar surface area (TPSA) is 0 Å². The summed E-state index contributed by atoms with van der Waals surface area (Å²) in [5.74, 6) is 1.48. The predicted octanol–water partition coefficient (Wildman–Crippen LogP) is 5.25. The van der Waals surface area contributed by atoms with Crippen LogP contribution in [0.4, 0.5) is 0 Å². The van der Waals surface area contributed by atoms with Crippen LogP contribution in [-0.2, 0) is 6.42 Å². The molecule has 0 radical (unpaired) electrons. The van der Waals surface area contributed by atoms with Crippen LogP contribution in [0.15, 0.2) is 43.0 Å². The molecule has 1 aromatic carbocycles. The first kappa shape index (κ1) is 14.0. The van der Waals surface area contributed by atoms with Gasteiger partial charge in [-0.3, -0.25) is 0 Å². The van der Waals surface area contributed by atoms with Crippen LogP contribution < -0.4 is 0 Å². The first-order valence-electron chi connectivity index (χ1n) is 6.94. The van der Waals surface area contributed by atoms with Crippen molar-refractivity contribution in [3.05, 3.63) is 48.6 Å². The minimum absolute atomic E-state index is 0.704. The average Bonchev–Trinajstić information content (AvgIpc) is 2.37. The molecule has 0 bridgehead atoms. The van der Waals surface area contributed by atoms with E-state index < -0.39 is 0 Å². The van der Waals surface area contributed by atoms with Gasteiger partial charge in [0.1, 0.15) is 0 Å². The lowest BCUT2D eigenvalue weighted by atomic mass is 9.86. The van der Waals surface area contributed by atoms with E-state index in [1.54, 1.807) is 0 Å². The second-order valence-corrected chi connectivity index (χ2v) is 5.04. The predicted molar refractivity (Wildman–Crippen MR) is 77.1 cm³/mol. The van der Waals surface area contributed by atoms with Crippen molar-refractivity contribution in [3.8, 4) is 0 Å². The highest BCUT2D eigenvalue weighted by Crippen LogP contribution is 2.23. The number of benzene rings is 1. The van der Waals surface area contributed by atoms with Crippen LogP contribution in [0.2, 0.25) is 0 Å². The molecule has 17 heavy (non-hydrogen) atoms. The van der Waals surface area contributed by atoms with Crippen LogP contribution in [0.25, 0.3) is 0 Å². The van der Waals surface area contributed by atoms with Crippen LogP contribution in [0.5, 0.6) is 0 Å². The summed E-state index contributed by atoms with van der Waals surface area (Å²) in [6, 6.07) is 10.8. The van der Waals surface area contributed by atoms with Gasteiger partial charge in [0.25, 0.3) is 0 Å². The summed E-state index contributed by atoms with van der Waals surface area (Å²) >= 11 is 0. The van der Waals surface area contributed by atoms with Gasteiger partial charge in [0.05, 0.1) is 0 Å². The fraction of sp³-hybridized carbons (Fsp3) is 0.529. The van der Waals surface area contributed by atoms with Gasteiger partial charge >= 0.3 is 0 Å². The van der Waals surface area contributed by atoms with Crippen molar-refractivity contribution in [2.45, 2.75) is 46.0 Å². The van der Waals surface area contributed by atoms with Crippen LogP contribution in [0.1, 0.15) is 45.1 Å². The summed E-state index contributed by atoms with van der Waals surface area (Å²) in [5, 5.41) is 0. The van der Waals surface area contributed by atoms with Crippen molar-refractivity contribution in [2.75, 3.05) is 0 Å². The number of allylic oxidation sites excluding steroid dienone is 1. The fourth-order valence-corrected chi connectivity index (χ4v) is 2.45. The molecule has 1 aromatic rings. The van der Waals surface area contributed by atoms with E-state index in [4.69, 9.17) is 0 Å². The third-order valence-corrected chi connectivity index (χ3v) is 3.62. The molecule has 94 valence electrons. The zero-order chi connectivity index (χ0) is 12.5. The van der Waals surface area contributed by atoms with Crippen molar-refractivity contribution in [1.82, 2.24) is 0 Å². The molecule has 0 heteroatoms. The monoisotopic (exact) mass is 230 g/mol. The van der Waals surface area contributed by atoms with Gasteiger partial charge in [-0.15, -0.1) is 6.58 Å². The van der Waals surface area contributed by atoms with E-state index in [-0.39, 0.29) is 0 Å². The van der Waals surface area contributed by atoms with E-state index in [1.165, 1.54) is 37.7 Å². The summed E-state index contributed by atoms with van der Waals surface area (Å²) in [4.78, 5) is 0. The lowest BCUT2D eigenvalue weighted by molar-refractivity contribution is 0.369. The SMILES string of the molecule is C=CC(CCC)C(C)CCCc1ccccc1. The zero-order valence-corrected chi connectivity index (χ0v) is 11.4. The molecule has 2 unspecified atom stereocenters. The van der Waals surface area contributed by atoms with Gasteiger partial charge in [-0.1, -0.05) is 56.7 Å². The molecular weight excluding hydrogens is 204 g/mol. The van der Waals surface area contributed by atoms with Gasteiger partial charge in [0.15, 0.2) is 0 Å². The number of hydrogen-bond donors (Lipinski definition) is 0. The molecule has 0 heterocycles. The zero-order valence-electron chi connectivity index (χ0n) is 11.4. The summed E-state index contributed by atoms with van der Waals surface area (Å²) in [6.45, 7) is 8.59. The van der Waals surface area contributed by atoms with E-state index in [1.807, 2.05) is 0 Å². The van der Waals surface area contributed by atoms with Crippen molar-refractivity contribution >= 4 is 0 Å². The standard InChI is InChI=1S/C17H26/c1-4-10-17(5-2)15(3)11-9-14-16-12-7-6-8-13-16/h5-8,12-13,15,17H,2,4,9-11,14H2,1,3H3. The van der Waals surface area contributed by atoms with E-state index >= 15 is 0 Å². The molecule has 0 spiro atoms. The van der Waals surface area contributed by atoms with Gasteiger partial charge in [0.2, 0.25) is 0 Å². The third-order valence-electron chi connectivity index (χ3n) is 3.62. The van der Waals surface area contributed by atoms with Crippen molar-refractivity contribution in [2.24, 2.45) is 11.8 Å². The van der Waals surface area contributed by atoms with E-state index in [0.29, 0.717) is 5.92 Å². The van der Waals surface area contributed by atoms with Crippen LogP contribution in [0, 0.1) is 11.8 Å². The van der Waals surface area contributed by atoms with Gasteiger partial charge in [-0.05, 0) is 43.1 Å². The molecule has 0 aromatic heterocycles. The Labute approximate surface area is 107 Å². The smallest absolute Gasteiger partial charge is 0.0211 e. The Balaban J connectivity index is 2.28. The largest absolute Gasteiger partial charge is 0.103 e. The molecular formula is C17H26. The highest BCUT2D eigenvalue weighted by atomic mass is 14.2. The van der Waals surface area contributed by atoms with Crippen molar-refractivity contribution < 1.29 is 0 Å². The highest BCUT2D eigenvalue weighted by molar-refractivity contribution is 5.14. The normalized spacial score (nSPS) is 14.2. The molecule has 0 saturated heterocycles. The Kier molecular flexibility index (Phi) is 6.69. The molecule has 0 aliphatic carbocycles. The Bertz CT molecular complexity index is 299.